The van der Waals surface area contributed by atoms with Crippen LogP contribution in [0.3, 0.4) is 0 Å². The van der Waals surface area contributed by atoms with Crippen molar-refractivity contribution in [2.75, 3.05) is 20.6 Å². The van der Waals surface area contributed by atoms with Gasteiger partial charge in [-0.15, -0.1) is 0 Å². The first-order valence-corrected chi connectivity index (χ1v) is 4.52. The minimum Gasteiger partial charge on any atom is -0.338 e. The second-order valence-corrected chi connectivity index (χ2v) is 3.90. The molecule has 1 amide bonds. The third kappa shape index (κ3) is 1.97. The third-order valence-electron chi connectivity index (χ3n) is 2.55. The molecular formula is C9H18N2O. The molecule has 0 aliphatic carbocycles. The Morgan fingerprint density at radius 1 is 1.50 bits per heavy atom. The summed E-state index contributed by atoms with van der Waals surface area (Å²) in [5.41, 5.74) is 0. The lowest BCUT2D eigenvalue weighted by Gasteiger charge is -2.26. The summed E-state index contributed by atoms with van der Waals surface area (Å²) in [6, 6.07) is 0.875. The first kappa shape index (κ1) is 9.52. The lowest BCUT2D eigenvalue weighted by Crippen LogP contribution is -2.39. The number of likely N-dealkylation sites (tertiary alicyclic amines) is 1. The van der Waals surface area contributed by atoms with Gasteiger partial charge in [-0.3, -0.25) is 4.79 Å². The van der Waals surface area contributed by atoms with Gasteiger partial charge >= 0.3 is 0 Å². The van der Waals surface area contributed by atoms with Crippen LogP contribution in [0.2, 0.25) is 0 Å². The van der Waals surface area contributed by atoms with Crippen molar-refractivity contribution < 1.29 is 4.79 Å². The van der Waals surface area contributed by atoms with E-state index in [2.05, 4.69) is 11.8 Å². The predicted molar refractivity (Wildman–Crippen MR) is 48.9 cm³/mol. The second-order valence-electron chi connectivity index (χ2n) is 3.90. The summed E-state index contributed by atoms with van der Waals surface area (Å²) in [6.07, 6.45) is 3.29. The Hall–Kier alpha value is -0.570. The number of carbonyl (C=O) groups excluding carboxylic acids is 1. The highest BCUT2D eigenvalue weighted by atomic mass is 16.1. The van der Waals surface area contributed by atoms with Crippen molar-refractivity contribution in [3.05, 3.63) is 0 Å². The summed E-state index contributed by atoms with van der Waals surface area (Å²) < 4.78 is 0. The highest BCUT2D eigenvalue weighted by Crippen LogP contribution is 2.21. The first-order valence-electron chi connectivity index (χ1n) is 4.52. The van der Waals surface area contributed by atoms with Crippen LogP contribution in [-0.4, -0.2) is 48.9 Å². The molecule has 0 aromatic carbocycles. The fourth-order valence-corrected chi connectivity index (χ4v) is 1.89. The summed E-state index contributed by atoms with van der Waals surface area (Å²) in [5, 5.41) is 0. The molecule has 1 heterocycles. The summed E-state index contributed by atoms with van der Waals surface area (Å²) in [7, 11) is 4.10. The molecule has 0 spiro atoms. The molecule has 1 aliphatic heterocycles. The molecule has 2 unspecified atom stereocenters. The van der Waals surface area contributed by atoms with Gasteiger partial charge in [0.15, 0.2) is 0 Å². The molecule has 1 saturated heterocycles. The molecule has 12 heavy (non-hydrogen) atoms. The Bertz CT molecular complexity index is 159. The second kappa shape index (κ2) is 3.90. The number of hydrogen-bond acceptors (Lipinski definition) is 2. The van der Waals surface area contributed by atoms with E-state index in [0.717, 1.165) is 25.8 Å². The van der Waals surface area contributed by atoms with Crippen LogP contribution in [0.1, 0.15) is 19.8 Å². The van der Waals surface area contributed by atoms with E-state index >= 15 is 0 Å². The maximum Gasteiger partial charge on any atom is 0.210 e. The summed E-state index contributed by atoms with van der Waals surface area (Å²) in [5.74, 6) is 0. The summed E-state index contributed by atoms with van der Waals surface area (Å²) >= 11 is 0. The van der Waals surface area contributed by atoms with E-state index < -0.39 is 0 Å². The quantitative estimate of drug-likeness (QED) is 0.578. The van der Waals surface area contributed by atoms with E-state index in [1.165, 1.54) is 0 Å². The Kier molecular flexibility index (Phi) is 3.09. The van der Waals surface area contributed by atoms with E-state index in [9.17, 15) is 4.79 Å². The molecule has 2 atom stereocenters. The van der Waals surface area contributed by atoms with Gasteiger partial charge in [0.05, 0.1) is 0 Å². The Morgan fingerprint density at radius 2 is 2.17 bits per heavy atom. The van der Waals surface area contributed by atoms with Crippen LogP contribution in [0.4, 0.5) is 0 Å². The molecule has 0 N–H and O–H groups in total. The zero-order valence-electron chi connectivity index (χ0n) is 8.16. The van der Waals surface area contributed by atoms with Crippen LogP contribution in [0.25, 0.3) is 0 Å². The van der Waals surface area contributed by atoms with E-state index in [1.54, 1.807) is 0 Å². The van der Waals surface area contributed by atoms with Gasteiger partial charge in [-0.25, -0.2) is 0 Å². The van der Waals surface area contributed by atoms with Crippen molar-refractivity contribution in [2.24, 2.45) is 0 Å². The van der Waals surface area contributed by atoms with Crippen molar-refractivity contribution in [2.45, 2.75) is 31.8 Å². The molecular weight excluding hydrogens is 152 g/mol. The number of amides is 1. The molecule has 0 aromatic heterocycles. The average molecular weight is 170 g/mol. The fourth-order valence-electron chi connectivity index (χ4n) is 1.89. The predicted octanol–water partition coefficient (Wildman–Crippen LogP) is 0.557. The van der Waals surface area contributed by atoms with Gasteiger partial charge in [-0.05, 0) is 33.9 Å². The zero-order valence-corrected chi connectivity index (χ0v) is 8.16. The smallest absolute Gasteiger partial charge is 0.210 e. The molecule has 0 bridgehead atoms. The molecule has 3 nitrogen and oxygen atoms in total. The van der Waals surface area contributed by atoms with E-state index in [1.807, 2.05) is 19.0 Å². The molecule has 70 valence electrons. The summed E-state index contributed by atoms with van der Waals surface area (Å²) in [4.78, 5) is 14.8. The fraction of sp³-hybridized carbons (Fsp3) is 0.889. The Balaban J connectivity index is 2.48. The Morgan fingerprint density at radius 3 is 2.67 bits per heavy atom. The number of hydrogen-bond donors (Lipinski definition) is 0. The van der Waals surface area contributed by atoms with Crippen LogP contribution in [0.15, 0.2) is 0 Å². The van der Waals surface area contributed by atoms with Crippen molar-refractivity contribution in [3.63, 3.8) is 0 Å². The van der Waals surface area contributed by atoms with Gasteiger partial charge in [0.1, 0.15) is 0 Å². The zero-order chi connectivity index (χ0) is 9.14. The SMILES string of the molecule is CC1CCC(CN(C)C)N1C=O. The van der Waals surface area contributed by atoms with Crippen LogP contribution in [0.5, 0.6) is 0 Å². The molecule has 3 heteroatoms. The molecule has 1 aliphatic rings. The number of nitrogens with zero attached hydrogens (tertiary/aromatic N) is 2. The molecule has 0 saturated carbocycles. The van der Waals surface area contributed by atoms with Crippen molar-refractivity contribution in [1.82, 2.24) is 9.80 Å². The van der Waals surface area contributed by atoms with Crippen molar-refractivity contribution >= 4 is 6.41 Å². The lowest BCUT2D eigenvalue weighted by atomic mass is 10.2. The van der Waals surface area contributed by atoms with Crippen LogP contribution < -0.4 is 0 Å². The van der Waals surface area contributed by atoms with Gasteiger partial charge in [-0.2, -0.15) is 0 Å². The van der Waals surface area contributed by atoms with Gasteiger partial charge in [0.2, 0.25) is 6.41 Å². The minimum atomic E-state index is 0.437. The monoisotopic (exact) mass is 170 g/mol. The van der Waals surface area contributed by atoms with Crippen LogP contribution in [-0.2, 0) is 4.79 Å². The van der Waals surface area contributed by atoms with Crippen LogP contribution in [0, 0.1) is 0 Å². The maximum atomic E-state index is 10.7. The number of rotatable bonds is 3. The third-order valence-corrected chi connectivity index (χ3v) is 2.55. The van der Waals surface area contributed by atoms with E-state index in [0.29, 0.717) is 12.1 Å². The lowest BCUT2D eigenvalue weighted by molar-refractivity contribution is -0.120. The van der Waals surface area contributed by atoms with Crippen molar-refractivity contribution in [1.29, 1.82) is 0 Å². The highest BCUT2D eigenvalue weighted by Gasteiger charge is 2.29. The molecule has 0 aromatic rings. The standard InChI is InChI=1S/C9H18N2O/c1-8-4-5-9(6-10(2)3)11(8)7-12/h7-9H,4-6H2,1-3H3. The highest BCUT2D eigenvalue weighted by molar-refractivity contribution is 5.49. The minimum absolute atomic E-state index is 0.437. The largest absolute Gasteiger partial charge is 0.338 e. The summed E-state index contributed by atoms with van der Waals surface area (Å²) in [6.45, 7) is 3.10. The normalized spacial score (nSPS) is 29.8. The Labute approximate surface area is 74.3 Å². The first-order chi connectivity index (χ1) is 5.65. The average Bonchev–Trinajstić information content (AvgIpc) is 2.30. The van der Waals surface area contributed by atoms with Crippen molar-refractivity contribution in [3.8, 4) is 0 Å². The molecule has 1 rings (SSSR count). The van der Waals surface area contributed by atoms with Gasteiger partial charge in [-0.1, -0.05) is 0 Å². The number of likely N-dealkylation sites (N-methyl/N-ethyl adjacent to an activating group) is 1. The molecule has 0 radical (unpaired) electrons. The van der Waals surface area contributed by atoms with Gasteiger partial charge in [0.25, 0.3) is 0 Å². The van der Waals surface area contributed by atoms with E-state index in [-0.39, 0.29) is 0 Å². The number of carbonyl (C=O) groups is 1. The topological polar surface area (TPSA) is 23.6 Å². The maximum absolute atomic E-state index is 10.7. The van der Waals surface area contributed by atoms with Gasteiger partial charge in [0, 0.05) is 18.6 Å². The molecule has 1 fully saturated rings. The van der Waals surface area contributed by atoms with Gasteiger partial charge < -0.3 is 9.80 Å². The van der Waals surface area contributed by atoms with E-state index in [4.69, 9.17) is 0 Å². The van der Waals surface area contributed by atoms with Crippen LogP contribution >= 0.6 is 0 Å².